The molecule has 0 aromatic rings. The first kappa shape index (κ1) is 28.4. The van der Waals surface area contributed by atoms with Crippen LogP contribution in [0.4, 0.5) is 0 Å². The van der Waals surface area contributed by atoms with Crippen LogP contribution in [0.3, 0.4) is 0 Å². The van der Waals surface area contributed by atoms with Crippen LogP contribution in [0.1, 0.15) is 12.8 Å². The second-order valence-corrected chi connectivity index (χ2v) is 10.4. The van der Waals surface area contributed by atoms with Gasteiger partial charge in [0.05, 0.1) is 36.9 Å². The number of aliphatic hydroxyl groups is 1. The molecule has 0 aromatic carbocycles. The molecule has 29 heavy (non-hydrogen) atoms. The average molecular weight is 462 g/mol. The Morgan fingerprint density at radius 1 is 0.966 bits per heavy atom. The Labute approximate surface area is 191 Å². The number of piperidine rings is 2. The van der Waals surface area contributed by atoms with Crippen LogP contribution in [-0.4, -0.2) is 93.6 Å². The van der Waals surface area contributed by atoms with E-state index in [0.717, 1.165) is 12.7 Å². The van der Waals surface area contributed by atoms with Crippen LogP contribution in [0.2, 0.25) is 0 Å². The molecule has 3 saturated heterocycles. The van der Waals surface area contributed by atoms with Gasteiger partial charge in [-0.3, -0.25) is 4.91 Å². The number of rotatable bonds is 3. The first-order valence-corrected chi connectivity index (χ1v) is 11.9. The Morgan fingerprint density at radius 3 is 1.86 bits per heavy atom. The van der Waals surface area contributed by atoms with Gasteiger partial charge in [0.2, 0.25) is 20.0 Å². The second kappa shape index (κ2) is 12.3. The molecule has 3 aliphatic rings. The number of hydrogen-bond donors (Lipinski definition) is 1. The maximum Gasteiger partial charge on any atom is 1.00 e. The van der Waals surface area contributed by atoms with Gasteiger partial charge in [-0.1, -0.05) is 5.11 Å². The zero-order chi connectivity index (χ0) is 21.5. The van der Waals surface area contributed by atoms with Crippen LogP contribution < -0.4 is 29.6 Å². The van der Waals surface area contributed by atoms with Gasteiger partial charge in [-0.15, -0.1) is 0 Å². The van der Waals surface area contributed by atoms with Gasteiger partial charge in [-0.25, -0.2) is 16.8 Å². The van der Waals surface area contributed by atoms with Crippen molar-refractivity contribution in [1.29, 1.82) is 0 Å². The number of azide groups is 1. The first-order valence-electron chi connectivity index (χ1n) is 8.20. The molecule has 1 N–H and O–H groups in total. The molecule has 0 radical (unpaired) electrons. The summed E-state index contributed by atoms with van der Waals surface area (Å²) in [6, 6.07) is -0.516. The van der Waals surface area contributed by atoms with Gasteiger partial charge in [0.1, 0.15) is 0 Å². The normalized spacial score (nSPS) is 29.1. The van der Waals surface area contributed by atoms with Gasteiger partial charge in [0, 0.05) is 31.1 Å². The van der Waals surface area contributed by atoms with Gasteiger partial charge in [-0.2, -0.15) is 8.61 Å². The van der Waals surface area contributed by atoms with E-state index in [1.165, 1.54) is 19.8 Å². The minimum absolute atomic E-state index is 0. The zero-order valence-corrected chi connectivity index (χ0v) is 20.1. The van der Waals surface area contributed by atoms with Crippen molar-refractivity contribution in [3.8, 4) is 0 Å². The molecular formula is C12H23N8NaO6S2. The fourth-order valence-corrected chi connectivity index (χ4v) is 4.57. The third-order valence-corrected chi connectivity index (χ3v) is 6.92. The molecule has 160 valence electrons. The minimum atomic E-state index is -3.26. The van der Waals surface area contributed by atoms with Gasteiger partial charge >= 0.3 is 29.6 Å². The number of fused-ring (bicyclic) bond motifs is 1. The predicted octanol–water partition coefficient (Wildman–Crippen LogP) is -3.02. The van der Waals surface area contributed by atoms with Crippen molar-refractivity contribution >= 4 is 20.0 Å². The molecular weight excluding hydrogens is 439 g/mol. The Balaban J connectivity index is 0.000000470. The Bertz CT molecular complexity index is 827. The van der Waals surface area contributed by atoms with Crippen molar-refractivity contribution in [2.75, 3.05) is 38.7 Å². The van der Waals surface area contributed by atoms with E-state index in [1.807, 2.05) is 0 Å². The van der Waals surface area contributed by atoms with Crippen LogP contribution in [-0.2, 0) is 24.8 Å². The molecule has 0 bridgehead atoms. The van der Waals surface area contributed by atoms with Crippen LogP contribution in [0.25, 0.3) is 26.4 Å². The molecule has 3 heterocycles. The number of ether oxygens (including phenoxy) is 1. The molecule has 17 heteroatoms. The van der Waals surface area contributed by atoms with Crippen molar-refractivity contribution in [2.45, 2.75) is 37.2 Å². The number of nitrogens with zero attached hydrogens (tertiary/aromatic N) is 8. The number of aliphatic hydroxyl groups excluding tert-OH is 1. The standard InChI is InChI=1S/C6H12N4O3S.C6H11NO3S.N3.Na/c1-14(12,13)10-3-2-5(8-9-7)6(11)4-10;1-11(8,9)7-3-2-5-6(4-7)10-5;1-3-2;/h5-6,11H,2-4H2,1H3;5-6H,2-4H2,1H3;;/q;;-1;+1/t5-,6-;5-,6+;;/m11../s1. The molecule has 14 nitrogen and oxygen atoms in total. The molecule has 0 aromatic heterocycles. The summed E-state index contributed by atoms with van der Waals surface area (Å²) >= 11 is 0. The van der Waals surface area contributed by atoms with E-state index in [0.29, 0.717) is 32.2 Å². The van der Waals surface area contributed by atoms with E-state index in [-0.39, 0.29) is 42.2 Å². The molecule has 0 amide bonds. The van der Waals surface area contributed by atoms with E-state index >= 15 is 0 Å². The molecule has 3 fully saturated rings. The largest absolute Gasteiger partial charge is 1.00 e. The Hall–Kier alpha value is -0.640. The van der Waals surface area contributed by atoms with E-state index < -0.39 is 32.2 Å². The number of epoxide rings is 1. The van der Waals surface area contributed by atoms with Crippen molar-refractivity contribution in [3.63, 3.8) is 0 Å². The number of β-amino-alcohol motifs (C(OH)–C–C–N with tert-alkyl or cyclic N) is 1. The summed E-state index contributed by atoms with van der Waals surface area (Å²) in [5, 5.41) is 12.9. The third-order valence-electron chi connectivity index (χ3n) is 4.38. The van der Waals surface area contributed by atoms with E-state index in [4.69, 9.17) is 21.3 Å². The van der Waals surface area contributed by atoms with E-state index in [2.05, 4.69) is 10.0 Å². The van der Waals surface area contributed by atoms with Crippen molar-refractivity contribution < 1.29 is 56.2 Å². The molecule has 0 aliphatic carbocycles. The number of sulfonamides is 2. The van der Waals surface area contributed by atoms with Crippen molar-refractivity contribution in [2.24, 2.45) is 5.11 Å². The summed E-state index contributed by atoms with van der Waals surface area (Å²) in [6.07, 6.45) is 3.19. The van der Waals surface area contributed by atoms with E-state index in [9.17, 15) is 21.9 Å². The van der Waals surface area contributed by atoms with Crippen LogP contribution in [0.5, 0.6) is 0 Å². The van der Waals surface area contributed by atoms with Gasteiger partial charge in [-0.05, 0) is 18.4 Å². The Kier molecular flexibility index (Phi) is 12.0. The smallest absolute Gasteiger partial charge is 0.391 e. The SMILES string of the molecule is CS(=O)(=O)N1CC[C@@H](N=[N+]=[N-])[C@H](O)C1.CS(=O)(=O)N1CC[C@H]2O[C@H]2C1.[N-]=[N+]=[N-].[Na+]. The fourth-order valence-electron chi connectivity index (χ4n) is 2.85. The summed E-state index contributed by atoms with van der Waals surface area (Å²) in [7, 11) is -6.24. The van der Waals surface area contributed by atoms with Crippen molar-refractivity contribution in [1.82, 2.24) is 8.61 Å². The molecule has 3 aliphatic heterocycles. The van der Waals surface area contributed by atoms with Crippen molar-refractivity contribution in [3.05, 3.63) is 26.4 Å². The summed E-state index contributed by atoms with van der Waals surface area (Å²) in [4.78, 5) is 4.09. The van der Waals surface area contributed by atoms with E-state index in [1.54, 1.807) is 0 Å². The van der Waals surface area contributed by atoms with Crippen LogP contribution >= 0.6 is 0 Å². The Morgan fingerprint density at radius 2 is 1.45 bits per heavy atom. The topological polar surface area (TPSA) is 215 Å². The zero-order valence-electron chi connectivity index (χ0n) is 16.4. The molecule has 0 saturated carbocycles. The molecule has 0 spiro atoms. The summed E-state index contributed by atoms with van der Waals surface area (Å²) < 4.78 is 52.1. The predicted molar refractivity (Wildman–Crippen MR) is 99.7 cm³/mol. The van der Waals surface area contributed by atoms with Crippen LogP contribution in [0.15, 0.2) is 5.11 Å². The number of hydrogen-bond acceptors (Lipinski definition) is 7. The van der Waals surface area contributed by atoms with Gasteiger partial charge in [0.15, 0.2) is 0 Å². The van der Waals surface area contributed by atoms with Crippen LogP contribution in [0, 0.1) is 0 Å². The summed E-state index contributed by atoms with van der Waals surface area (Å²) in [6.45, 7) is 1.48. The molecule has 4 atom stereocenters. The van der Waals surface area contributed by atoms with Gasteiger partial charge in [0.25, 0.3) is 0 Å². The molecule has 0 unspecified atom stereocenters. The molecule has 3 rings (SSSR count). The fraction of sp³-hybridized carbons (Fsp3) is 1.00. The first-order chi connectivity index (χ1) is 12.9. The quantitative estimate of drug-likeness (QED) is 0.151. The van der Waals surface area contributed by atoms with Gasteiger partial charge < -0.3 is 20.9 Å². The third kappa shape index (κ3) is 9.81. The summed E-state index contributed by atoms with van der Waals surface area (Å²) in [5.41, 5.74) is 21.7. The summed E-state index contributed by atoms with van der Waals surface area (Å²) in [5.74, 6) is 0. The monoisotopic (exact) mass is 462 g/mol. The maximum absolute atomic E-state index is 11.1. The minimum Gasteiger partial charge on any atom is -0.391 e. The average Bonchev–Trinajstić information content (AvgIpc) is 3.35. The maximum atomic E-state index is 11.1. The second-order valence-electron chi connectivity index (χ2n) is 6.46.